The summed E-state index contributed by atoms with van der Waals surface area (Å²) in [6.07, 6.45) is 1.45. The molecule has 2 aromatic carbocycles. The SMILES string of the molecule is CCOC(=O)c1ccccc1Nc1cc(C(=O)Nc2ccccc2F)ccn1. The number of anilines is 3. The molecule has 0 aliphatic rings. The highest BCUT2D eigenvalue weighted by atomic mass is 19.1. The molecule has 1 heterocycles. The van der Waals surface area contributed by atoms with Gasteiger partial charge in [0.1, 0.15) is 11.6 Å². The second-order valence-electron chi connectivity index (χ2n) is 5.75. The zero-order valence-electron chi connectivity index (χ0n) is 15.1. The van der Waals surface area contributed by atoms with Gasteiger partial charge in [-0.05, 0) is 43.3 Å². The van der Waals surface area contributed by atoms with Crippen molar-refractivity contribution >= 4 is 29.1 Å². The maximum atomic E-state index is 13.7. The molecular formula is C21H18FN3O3. The highest BCUT2D eigenvalue weighted by Crippen LogP contribution is 2.21. The van der Waals surface area contributed by atoms with Gasteiger partial charge in [0.05, 0.1) is 23.5 Å². The summed E-state index contributed by atoms with van der Waals surface area (Å²) in [6, 6.07) is 15.8. The fraction of sp³-hybridized carbons (Fsp3) is 0.0952. The highest BCUT2D eigenvalue weighted by molar-refractivity contribution is 6.05. The fourth-order valence-electron chi connectivity index (χ4n) is 2.51. The Balaban J connectivity index is 1.80. The predicted molar refractivity (Wildman–Crippen MR) is 104 cm³/mol. The first-order chi connectivity index (χ1) is 13.6. The van der Waals surface area contributed by atoms with Gasteiger partial charge in [0.15, 0.2) is 0 Å². The van der Waals surface area contributed by atoms with Crippen LogP contribution < -0.4 is 10.6 Å². The summed E-state index contributed by atoms with van der Waals surface area (Å²) in [5.74, 6) is -1.10. The van der Waals surface area contributed by atoms with Crippen molar-refractivity contribution in [1.29, 1.82) is 0 Å². The number of halogens is 1. The first kappa shape index (κ1) is 19.0. The van der Waals surface area contributed by atoms with E-state index in [1.54, 1.807) is 43.3 Å². The minimum absolute atomic E-state index is 0.0893. The first-order valence-electron chi connectivity index (χ1n) is 8.63. The van der Waals surface area contributed by atoms with Crippen LogP contribution in [-0.2, 0) is 4.74 Å². The Morgan fingerprint density at radius 3 is 2.50 bits per heavy atom. The number of para-hydroxylation sites is 2. The maximum absolute atomic E-state index is 13.7. The van der Waals surface area contributed by atoms with Gasteiger partial charge in [0.25, 0.3) is 5.91 Å². The van der Waals surface area contributed by atoms with Crippen LogP contribution in [0.25, 0.3) is 0 Å². The Morgan fingerprint density at radius 1 is 1.04 bits per heavy atom. The number of benzene rings is 2. The average Bonchev–Trinajstić information content (AvgIpc) is 2.70. The van der Waals surface area contributed by atoms with Gasteiger partial charge in [-0.25, -0.2) is 14.2 Å². The summed E-state index contributed by atoms with van der Waals surface area (Å²) in [4.78, 5) is 28.7. The van der Waals surface area contributed by atoms with Crippen molar-refractivity contribution in [1.82, 2.24) is 4.98 Å². The van der Waals surface area contributed by atoms with Crippen LogP contribution in [0, 0.1) is 5.82 Å². The summed E-state index contributed by atoms with van der Waals surface area (Å²) >= 11 is 0. The van der Waals surface area contributed by atoms with Gasteiger partial charge >= 0.3 is 5.97 Å². The van der Waals surface area contributed by atoms with Crippen LogP contribution in [-0.4, -0.2) is 23.5 Å². The van der Waals surface area contributed by atoms with E-state index in [4.69, 9.17) is 4.74 Å². The number of nitrogens with zero attached hydrogens (tertiary/aromatic N) is 1. The molecule has 142 valence electrons. The van der Waals surface area contributed by atoms with E-state index in [-0.39, 0.29) is 17.9 Å². The van der Waals surface area contributed by atoms with Crippen LogP contribution in [0.4, 0.5) is 21.6 Å². The highest BCUT2D eigenvalue weighted by Gasteiger charge is 2.14. The topological polar surface area (TPSA) is 80.3 Å². The molecule has 1 amide bonds. The van der Waals surface area contributed by atoms with Crippen LogP contribution in [0.1, 0.15) is 27.6 Å². The predicted octanol–water partition coefficient (Wildman–Crippen LogP) is 4.39. The number of amides is 1. The zero-order valence-corrected chi connectivity index (χ0v) is 15.1. The molecule has 28 heavy (non-hydrogen) atoms. The van der Waals surface area contributed by atoms with Gasteiger partial charge in [-0.3, -0.25) is 4.79 Å². The van der Waals surface area contributed by atoms with Crippen molar-refractivity contribution in [3.05, 3.63) is 83.8 Å². The van der Waals surface area contributed by atoms with E-state index in [2.05, 4.69) is 15.6 Å². The van der Waals surface area contributed by atoms with E-state index in [1.807, 2.05) is 0 Å². The van der Waals surface area contributed by atoms with E-state index in [0.717, 1.165) is 0 Å². The third kappa shape index (κ3) is 4.50. The van der Waals surface area contributed by atoms with Gasteiger partial charge in [-0.15, -0.1) is 0 Å². The lowest BCUT2D eigenvalue weighted by Gasteiger charge is -2.12. The average molecular weight is 379 g/mol. The minimum Gasteiger partial charge on any atom is -0.462 e. The van der Waals surface area contributed by atoms with Crippen LogP contribution in [0.3, 0.4) is 0 Å². The molecule has 0 atom stereocenters. The van der Waals surface area contributed by atoms with Crippen molar-refractivity contribution in [3.8, 4) is 0 Å². The number of rotatable bonds is 6. The van der Waals surface area contributed by atoms with E-state index in [1.165, 1.54) is 30.5 Å². The molecular weight excluding hydrogens is 361 g/mol. The Labute approximate surface area is 161 Å². The monoisotopic (exact) mass is 379 g/mol. The number of ether oxygens (including phenoxy) is 1. The fourth-order valence-corrected chi connectivity index (χ4v) is 2.51. The maximum Gasteiger partial charge on any atom is 0.340 e. The third-order valence-electron chi connectivity index (χ3n) is 3.83. The van der Waals surface area contributed by atoms with E-state index in [0.29, 0.717) is 17.1 Å². The first-order valence-corrected chi connectivity index (χ1v) is 8.63. The summed E-state index contributed by atoms with van der Waals surface area (Å²) in [5, 5.41) is 5.54. The standard InChI is InChI=1S/C21H18FN3O3/c1-2-28-21(27)15-7-3-5-9-17(15)24-19-13-14(11-12-23-19)20(26)25-18-10-6-4-8-16(18)22/h3-13H,2H2,1H3,(H,23,24)(H,25,26). The van der Waals surface area contributed by atoms with Crippen molar-refractivity contribution in [3.63, 3.8) is 0 Å². The minimum atomic E-state index is -0.522. The van der Waals surface area contributed by atoms with Crippen LogP contribution in [0.15, 0.2) is 66.9 Å². The Morgan fingerprint density at radius 2 is 1.75 bits per heavy atom. The molecule has 0 spiro atoms. The molecule has 3 rings (SSSR count). The van der Waals surface area contributed by atoms with Crippen molar-refractivity contribution in [2.45, 2.75) is 6.92 Å². The van der Waals surface area contributed by atoms with Crippen LogP contribution in [0.2, 0.25) is 0 Å². The van der Waals surface area contributed by atoms with Gasteiger partial charge in [-0.1, -0.05) is 24.3 Å². The quantitative estimate of drug-likeness (QED) is 0.621. The lowest BCUT2D eigenvalue weighted by Crippen LogP contribution is -2.13. The zero-order chi connectivity index (χ0) is 19.9. The van der Waals surface area contributed by atoms with Gasteiger partial charge < -0.3 is 15.4 Å². The molecule has 7 heteroatoms. The molecule has 3 aromatic rings. The molecule has 0 aliphatic carbocycles. The van der Waals surface area contributed by atoms with Crippen molar-refractivity contribution < 1.29 is 18.7 Å². The number of esters is 1. The third-order valence-corrected chi connectivity index (χ3v) is 3.83. The largest absolute Gasteiger partial charge is 0.462 e. The molecule has 0 unspecified atom stereocenters. The lowest BCUT2D eigenvalue weighted by atomic mass is 10.1. The summed E-state index contributed by atoms with van der Waals surface area (Å²) in [6.45, 7) is 1.99. The molecule has 0 bridgehead atoms. The van der Waals surface area contributed by atoms with Gasteiger partial charge in [-0.2, -0.15) is 0 Å². The molecule has 0 radical (unpaired) electrons. The normalized spacial score (nSPS) is 10.2. The lowest BCUT2D eigenvalue weighted by molar-refractivity contribution is 0.0527. The molecule has 0 fully saturated rings. The van der Waals surface area contributed by atoms with Crippen LogP contribution in [0.5, 0.6) is 0 Å². The molecule has 0 aliphatic heterocycles. The van der Waals surface area contributed by atoms with Crippen LogP contribution >= 0.6 is 0 Å². The second kappa shape index (κ2) is 8.77. The molecule has 2 N–H and O–H groups in total. The molecule has 0 saturated carbocycles. The molecule has 0 saturated heterocycles. The molecule has 1 aromatic heterocycles. The number of aromatic nitrogens is 1. The summed E-state index contributed by atoms with van der Waals surface area (Å²) in [5.41, 5.74) is 1.23. The van der Waals surface area contributed by atoms with Gasteiger partial charge in [0.2, 0.25) is 0 Å². The summed E-state index contributed by atoms with van der Waals surface area (Å²) < 4.78 is 18.8. The van der Waals surface area contributed by atoms with Crippen molar-refractivity contribution in [2.24, 2.45) is 0 Å². The number of pyridine rings is 1. The smallest absolute Gasteiger partial charge is 0.340 e. The van der Waals surface area contributed by atoms with Crippen molar-refractivity contribution in [2.75, 3.05) is 17.2 Å². The number of carbonyl (C=O) groups excluding carboxylic acids is 2. The Hall–Kier alpha value is -3.74. The summed E-state index contributed by atoms with van der Waals surface area (Å²) in [7, 11) is 0. The van der Waals surface area contributed by atoms with E-state index < -0.39 is 17.7 Å². The number of hydrogen-bond donors (Lipinski definition) is 2. The second-order valence-corrected chi connectivity index (χ2v) is 5.75. The van der Waals surface area contributed by atoms with E-state index >= 15 is 0 Å². The van der Waals surface area contributed by atoms with Gasteiger partial charge in [0, 0.05) is 11.8 Å². The van der Waals surface area contributed by atoms with E-state index in [9.17, 15) is 14.0 Å². The number of hydrogen-bond acceptors (Lipinski definition) is 5. The Kier molecular flexibility index (Phi) is 5.96. The number of carbonyl (C=O) groups is 2. The molecule has 6 nitrogen and oxygen atoms in total. The number of nitrogens with one attached hydrogen (secondary N) is 2. The Bertz CT molecular complexity index is 1010.